The van der Waals surface area contributed by atoms with Gasteiger partial charge in [-0.2, -0.15) is 8.78 Å². The summed E-state index contributed by atoms with van der Waals surface area (Å²) in [6.07, 6.45) is 0.299. The molecular formula is C22H14B4ClF2N3O4. The maximum absolute atomic E-state index is 15.1. The van der Waals surface area contributed by atoms with Crippen LogP contribution in [0.1, 0.15) is 39.9 Å². The first-order valence-electron chi connectivity index (χ1n) is 10.7. The Hall–Kier alpha value is -3.07. The first-order chi connectivity index (χ1) is 16.8. The molecule has 2 aromatic rings. The third kappa shape index (κ3) is 4.45. The van der Waals surface area contributed by atoms with Gasteiger partial charge < -0.3 is 9.71 Å². The molecule has 2 aromatic carbocycles. The minimum atomic E-state index is -4.21. The molecule has 0 aliphatic carbocycles. The molecule has 4 amide bonds. The van der Waals surface area contributed by atoms with Gasteiger partial charge >= 0.3 is 5.92 Å². The van der Waals surface area contributed by atoms with Crippen LogP contribution in [0.15, 0.2) is 24.3 Å². The molecule has 2 aliphatic heterocycles. The number of piperidine rings is 1. The Bertz CT molecular complexity index is 1330. The van der Waals surface area contributed by atoms with Crippen molar-refractivity contribution in [3.05, 3.63) is 51.5 Å². The number of rotatable bonds is 5. The van der Waals surface area contributed by atoms with Crippen molar-refractivity contribution >= 4 is 83.1 Å². The van der Waals surface area contributed by atoms with Gasteiger partial charge in [0.1, 0.15) is 29.6 Å². The molecule has 0 aromatic heterocycles. The number of imide groups is 1. The molecule has 1 fully saturated rings. The summed E-state index contributed by atoms with van der Waals surface area (Å²) in [4.78, 5) is 50.6. The van der Waals surface area contributed by atoms with Crippen LogP contribution < -0.4 is 21.7 Å². The van der Waals surface area contributed by atoms with Crippen molar-refractivity contribution in [2.24, 2.45) is 0 Å². The summed E-state index contributed by atoms with van der Waals surface area (Å²) in [7, 11) is 22.6. The third-order valence-electron chi connectivity index (χ3n) is 6.17. The van der Waals surface area contributed by atoms with Crippen molar-refractivity contribution in [3.63, 3.8) is 0 Å². The third-order valence-corrected chi connectivity index (χ3v) is 6.48. The maximum atomic E-state index is 15.1. The molecule has 4 rings (SSSR count). The summed E-state index contributed by atoms with van der Waals surface area (Å²) >= 11 is 5.81. The number of nitrogens with one attached hydrogen (secondary N) is 1. The highest BCUT2D eigenvalue weighted by Gasteiger charge is 2.45. The quantitative estimate of drug-likeness (QED) is 0.408. The lowest BCUT2D eigenvalue weighted by atomic mass is 9.71. The number of halogens is 3. The van der Waals surface area contributed by atoms with Gasteiger partial charge in [0.2, 0.25) is 19.8 Å². The molecular weight excluding hydrogens is 487 g/mol. The second-order valence-electron chi connectivity index (χ2n) is 8.55. The predicted molar refractivity (Wildman–Crippen MR) is 130 cm³/mol. The standard InChI is InChI=1S/C22H14B4ClF2N3O4/c23-12-6-13(27)17(24)18(25)16(12)22(28,29)21(36)32(26)7-9-1-2-11-10(5-9)8-31(20(11)35)14-3-4-15(33)30-19(14)34/h1-2,5-6,14H,3-4,7-8H2,(H,30,33,34). The summed E-state index contributed by atoms with van der Waals surface area (Å²) in [5, 5.41) is 2.07. The van der Waals surface area contributed by atoms with Crippen LogP contribution in [0.3, 0.4) is 0 Å². The van der Waals surface area contributed by atoms with Gasteiger partial charge in [-0.1, -0.05) is 46.2 Å². The second-order valence-corrected chi connectivity index (χ2v) is 8.96. The van der Waals surface area contributed by atoms with E-state index in [0.717, 1.165) is 6.07 Å². The lowest BCUT2D eigenvalue weighted by Gasteiger charge is -2.29. The number of carbonyl (C=O) groups is 4. The van der Waals surface area contributed by atoms with Crippen molar-refractivity contribution < 1.29 is 28.0 Å². The summed E-state index contributed by atoms with van der Waals surface area (Å²) in [5.41, 5.74) is -1.30. The normalized spacial score (nSPS) is 17.7. The number of alkyl halides is 2. The molecule has 1 N–H and O–H groups in total. The molecule has 2 aliphatic rings. The highest BCUT2D eigenvalue weighted by atomic mass is 35.5. The average Bonchev–Trinajstić information content (AvgIpc) is 3.12. The molecule has 0 spiro atoms. The summed E-state index contributed by atoms with van der Waals surface area (Å²) < 4.78 is 30.2. The van der Waals surface area contributed by atoms with Gasteiger partial charge in [-0.25, -0.2) is 0 Å². The number of fused-ring (bicyclic) bond motifs is 1. The van der Waals surface area contributed by atoms with E-state index in [1.54, 1.807) is 0 Å². The van der Waals surface area contributed by atoms with E-state index in [2.05, 4.69) is 5.32 Å². The van der Waals surface area contributed by atoms with Gasteiger partial charge in [0.15, 0.2) is 0 Å². The van der Waals surface area contributed by atoms with Crippen LogP contribution in [0.5, 0.6) is 0 Å². The van der Waals surface area contributed by atoms with Gasteiger partial charge in [0.05, 0.1) is 0 Å². The maximum Gasteiger partial charge on any atom is 0.347 e. The molecule has 7 nitrogen and oxygen atoms in total. The van der Waals surface area contributed by atoms with Gasteiger partial charge in [-0.15, -0.1) is 0 Å². The molecule has 1 unspecified atom stereocenters. The molecule has 0 bridgehead atoms. The molecule has 8 radical (unpaired) electrons. The summed E-state index contributed by atoms with van der Waals surface area (Å²) in [6.45, 7) is -0.364. The Kier molecular flexibility index (Phi) is 6.81. The van der Waals surface area contributed by atoms with Crippen LogP contribution in [0.2, 0.25) is 5.02 Å². The van der Waals surface area contributed by atoms with Gasteiger partial charge in [-0.3, -0.25) is 24.5 Å². The molecule has 1 atom stereocenters. The Balaban J connectivity index is 1.52. The predicted octanol–water partition coefficient (Wildman–Crippen LogP) is -1.31. The first kappa shape index (κ1) is 26.0. The van der Waals surface area contributed by atoms with E-state index in [1.807, 2.05) is 0 Å². The van der Waals surface area contributed by atoms with Crippen LogP contribution >= 0.6 is 11.6 Å². The van der Waals surface area contributed by atoms with E-state index in [0.29, 0.717) is 21.5 Å². The highest BCUT2D eigenvalue weighted by molar-refractivity contribution is 6.57. The topological polar surface area (TPSA) is 86.8 Å². The molecule has 1 saturated heterocycles. The van der Waals surface area contributed by atoms with E-state index in [1.165, 1.54) is 23.1 Å². The van der Waals surface area contributed by atoms with E-state index in [9.17, 15) is 19.2 Å². The molecule has 0 saturated carbocycles. The Morgan fingerprint density at radius 3 is 2.53 bits per heavy atom. The summed E-state index contributed by atoms with van der Waals surface area (Å²) in [6, 6.07) is 4.62. The number of benzene rings is 2. The molecule has 2 heterocycles. The van der Waals surface area contributed by atoms with E-state index >= 15 is 8.78 Å². The van der Waals surface area contributed by atoms with Gasteiger partial charge in [-0.05, 0) is 23.6 Å². The lowest BCUT2D eigenvalue weighted by Crippen LogP contribution is -2.52. The zero-order valence-electron chi connectivity index (χ0n) is 18.7. The SMILES string of the molecule is [B]c1cc(Cl)c([B])c([B])c1C(F)(F)C(=O)N([B])Cc1ccc2c(c1)CN(C1CCC(=O)NC1=O)C2=O. The van der Waals surface area contributed by atoms with Crippen molar-refractivity contribution in [1.29, 1.82) is 0 Å². The zero-order valence-corrected chi connectivity index (χ0v) is 19.4. The fraction of sp³-hybridized carbons (Fsp3) is 0.273. The monoisotopic (exact) mass is 501 g/mol. The highest BCUT2D eigenvalue weighted by Crippen LogP contribution is 2.30. The van der Waals surface area contributed by atoms with E-state index in [4.69, 9.17) is 43.1 Å². The van der Waals surface area contributed by atoms with Crippen molar-refractivity contribution in [1.82, 2.24) is 15.0 Å². The van der Waals surface area contributed by atoms with Crippen LogP contribution in [-0.4, -0.2) is 70.9 Å². The minimum Gasteiger partial charge on any atom is -0.387 e. The van der Waals surface area contributed by atoms with E-state index in [-0.39, 0.29) is 29.9 Å². The van der Waals surface area contributed by atoms with Crippen molar-refractivity contribution in [2.75, 3.05) is 0 Å². The smallest absolute Gasteiger partial charge is 0.347 e. The number of carbonyl (C=O) groups excluding carboxylic acids is 4. The largest absolute Gasteiger partial charge is 0.387 e. The number of nitrogens with zero attached hydrogens (tertiary/aromatic N) is 2. The second kappa shape index (κ2) is 9.42. The minimum absolute atomic E-state index is 0.0695. The Morgan fingerprint density at radius 2 is 1.86 bits per heavy atom. The summed E-state index contributed by atoms with van der Waals surface area (Å²) in [5.74, 6) is -7.36. The zero-order chi connectivity index (χ0) is 26.5. The molecule has 14 heteroatoms. The number of hydrogen-bond donors (Lipinski definition) is 1. The van der Waals surface area contributed by atoms with Crippen molar-refractivity contribution in [3.8, 4) is 0 Å². The lowest BCUT2D eigenvalue weighted by molar-refractivity contribution is -0.153. The van der Waals surface area contributed by atoms with Gasteiger partial charge in [0.25, 0.3) is 11.8 Å². The van der Waals surface area contributed by atoms with Crippen LogP contribution in [-0.2, 0) is 33.4 Å². The first-order valence-corrected chi connectivity index (χ1v) is 11.0. The molecule has 174 valence electrons. The fourth-order valence-corrected chi connectivity index (χ4v) is 4.56. The van der Waals surface area contributed by atoms with E-state index < -0.39 is 58.6 Å². The fourth-order valence-electron chi connectivity index (χ4n) is 4.34. The number of hydrogen-bond acceptors (Lipinski definition) is 4. The Morgan fingerprint density at radius 1 is 1.17 bits per heavy atom. The van der Waals surface area contributed by atoms with Gasteiger partial charge in [0, 0.05) is 35.7 Å². The number of amides is 4. The average molecular weight is 501 g/mol. The van der Waals surface area contributed by atoms with Crippen LogP contribution in [0.25, 0.3) is 0 Å². The molecule has 36 heavy (non-hydrogen) atoms. The Labute approximate surface area is 215 Å². The van der Waals surface area contributed by atoms with Crippen molar-refractivity contribution in [2.45, 2.75) is 37.9 Å². The van der Waals surface area contributed by atoms with Crippen LogP contribution in [0.4, 0.5) is 8.78 Å². The van der Waals surface area contributed by atoms with Crippen LogP contribution in [0, 0.1) is 0 Å².